The lowest BCUT2D eigenvalue weighted by Crippen LogP contribution is -2.46. The lowest BCUT2D eigenvalue weighted by Gasteiger charge is -2.35. The van der Waals surface area contributed by atoms with Gasteiger partial charge in [-0.15, -0.1) is 15.3 Å². The molecule has 1 saturated heterocycles. The summed E-state index contributed by atoms with van der Waals surface area (Å²) in [6.45, 7) is 10.2. The molecule has 1 aliphatic heterocycles. The van der Waals surface area contributed by atoms with Gasteiger partial charge >= 0.3 is 0 Å². The molecule has 8 heteroatoms. The Morgan fingerprint density at radius 3 is 2.32 bits per heavy atom. The third-order valence-corrected chi connectivity index (χ3v) is 4.58. The number of aromatic nitrogens is 6. The van der Waals surface area contributed by atoms with E-state index < -0.39 is 0 Å². The van der Waals surface area contributed by atoms with Gasteiger partial charge in [-0.25, -0.2) is 0 Å². The number of piperazine rings is 1. The van der Waals surface area contributed by atoms with Gasteiger partial charge in [0.25, 0.3) is 0 Å². The first-order valence-electron chi connectivity index (χ1n) is 8.63. The van der Waals surface area contributed by atoms with Crippen molar-refractivity contribution in [3.63, 3.8) is 0 Å². The summed E-state index contributed by atoms with van der Waals surface area (Å²) in [5.74, 6) is 1.86. The summed E-state index contributed by atoms with van der Waals surface area (Å²) in [5.41, 5.74) is 1.88. The van der Waals surface area contributed by atoms with E-state index in [0.29, 0.717) is 0 Å². The first-order chi connectivity index (χ1) is 11.9. The largest absolute Gasteiger partial charge is 0.365 e. The number of hydrogen-bond donors (Lipinski definition) is 0. The van der Waals surface area contributed by atoms with E-state index in [1.165, 1.54) is 5.69 Å². The van der Waals surface area contributed by atoms with Crippen LogP contribution >= 0.6 is 0 Å². The second-order valence-electron chi connectivity index (χ2n) is 7.58. The highest BCUT2D eigenvalue weighted by Gasteiger charge is 2.24. The molecule has 0 unspecified atom stereocenters. The Kier molecular flexibility index (Phi) is 3.63. The van der Waals surface area contributed by atoms with Gasteiger partial charge in [-0.2, -0.15) is 9.61 Å². The first kappa shape index (κ1) is 15.9. The van der Waals surface area contributed by atoms with Gasteiger partial charge in [0.1, 0.15) is 5.82 Å². The van der Waals surface area contributed by atoms with E-state index >= 15 is 0 Å². The van der Waals surface area contributed by atoms with Crippen LogP contribution in [0.4, 0.5) is 11.5 Å². The molecule has 4 rings (SSSR count). The van der Waals surface area contributed by atoms with Crippen LogP contribution in [0.15, 0.2) is 24.5 Å². The molecule has 0 bridgehead atoms. The second-order valence-corrected chi connectivity index (χ2v) is 7.58. The zero-order valence-corrected chi connectivity index (χ0v) is 15.2. The molecular formula is C17H24N8. The summed E-state index contributed by atoms with van der Waals surface area (Å²) in [6, 6.07) is 4.04. The van der Waals surface area contributed by atoms with Crippen LogP contribution in [0.3, 0.4) is 0 Å². The van der Waals surface area contributed by atoms with Gasteiger partial charge in [0, 0.05) is 44.8 Å². The first-order valence-corrected chi connectivity index (χ1v) is 8.63. The lowest BCUT2D eigenvalue weighted by atomic mass is 9.96. The number of aryl methyl sites for hydroxylation is 1. The number of rotatable bonds is 2. The van der Waals surface area contributed by atoms with Gasteiger partial charge in [0.05, 0.1) is 11.9 Å². The van der Waals surface area contributed by atoms with Crippen LogP contribution in [0.5, 0.6) is 0 Å². The minimum absolute atomic E-state index is 0.0932. The highest BCUT2D eigenvalue weighted by molar-refractivity contribution is 5.49. The third-order valence-electron chi connectivity index (χ3n) is 4.58. The van der Waals surface area contributed by atoms with Crippen LogP contribution in [-0.4, -0.2) is 55.8 Å². The van der Waals surface area contributed by atoms with Crippen molar-refractivity contribution in [2.24, 2.45) is 7.05 Å². The molecular weight excluding hydrogens is 316 g/mol. The molecule has 0 spiro atoms. The highest BCUT2D eigenvalue weighted by atomic mass is 15.4. The van der Waals surface area contributed by atoms with Gasteiger partial charge in [-0.1, -0.05) is 20.8 Å². The zero-order chi connectivity index (χ0) is 17.6. The Hall–Kier alpha value is -2.64. The lowest BCUT2D eigenvalue weighted by molar-refractivity contribution is 0.525. The monoisotopic (exact) mass is 340 g/mol. The Morgan fingerprint density at radius 2 is 1.68 bits per heavy atom. The topological polar surface area (TPSA) is 67.4 Å². The van der Waals surface area contributed by atoms with E-state index in [-0.39, 0.29) is 5.41 Å². The fraction of sp³-hybridized carbons (Fsp3) is 0.529. The van der Waals surface area contributed by atoms with E-state index in [1.54, 1.807) is 0 Å². The molecule has 0 aliphatic carbocycles. The highest BCUT2D eigenvalue weighted by Crippen LogP contribution is 2.23. The Bertz CT molecular complexity index is 880. The molecule has 0 N–H and O–H groups in total. The fourth-order valence-corrected chi connectivity index (χ4v) is 3.18. The van der Waals surface area contributed by atoms with E-state index in [1.807, 2.05) is 34.6 Å². The normalized spacial score (nSPS) is 16.0. The van der Waals surface area contributed by atoms with Crippen LogP contribution in [0, 0.1) is 0 Å². The smallest absolute Gasteiger partial charge is 0.178 e. The third kappa shape index (κ3) is 2.92. The molecule has 3 aromatic rings. The molecule has 25 heavy (non-hydrogen) atoms. The Labute approximate surface area is 147 Å². The molecule has 4 heterocycles. The van der Waals surface area contributed by atoms with E-state index in [2.05, 4.69) is 52.1 Å². The molecule has 0 saturated carbocycles. The Morgan fingerprint density at radius 1 is 0.960 bits per heavy atom. The second kappa shape index (κ2) is 5.72. The SMILES string of the molecule is Cn1cc(N2CCN(c3ccc4nnc(C(C)(C)C)n4n3)CC2)cn1. The average Bonchev–Trinajstić information content (AvgIpc) is 3.20. The van der Waals surface area contributed by atoms with Crippen molar-refractivity contribution >= 4 is 17.2 Å². The van der Waals surface area contributed by atoms with Crippen LogP contribution in [-0.2, 0) is 12.5 Å². The minimum Gasteiger partial charge on any atom is -0.365 e. The maximum absolute atomic E-state index is 4.81. The van der Waals surface area contributed by atoms with Crippen molar-refractivity contribution in [1.29, 1.82) is 0 Å². The average molecular weight is 340 g/mol. The fourth-order valence-electron chi connectivity index (χ4n) is 3.18. The van der Waals surface area contributed by atoms with Crippen LogP contribution in [0.2, 0.25) is 0 Å². The van der Waals surface area contributed by atoms with Crippen molar-refractivity contribution in [3.05, 3.63) is 30.4 Å². The molecule has 1 fully saturated rings. The molecule has 0 radical (unpaired) electrons. The molecule has 8 nitrogen and oxygen atoms in total. The van der Waals surface area contributed by atoms with Gasteiger partial charge in [0.2, 0.25) is 0 Å². The van der Waals surface area contributed by atoms with Gasteiger partial charge < -0.3 is 9.80 Å². The Balaban J connectivity index is 1.55. The predicted octanol–water partition coefficient (Wildman–Crippen LogP) is 1.48. The van der Waals surface area contributed by atoms with Crippen molar-refractivity contribution in [2.45, 2.75) is 26.2 Å². The van der Waals surface area contributed by atoms with Gasteiger partial charge in [-0.05, 0) is 12.1 Å². The maximum Gasteiger partial charge on any atom is 0.178 e. The van der Waals surface area contributed by atoms with Crippen molar-refractivity contribution in [3.8, 4) is 0 Å². The number of hydrogen-bond acceptors (Lipinski definition) is 6. The summed E-state index contributed by atoms with van der Waals surface area (Å²) < 4.78 is 3.72. The summed E-state index contributed by atoms with van der Waals surface area (Å²) in [7, 11) is 1.95. The van der Waals surface area contributed by atoms with E-state index in [9.17, 15) is 0 Å². The quantitative estimate of drug-likeness (QED) is 0.704. The molecule has 0 amide bonds. The summed E-state index contributed by atoms with van der Waals surface area (Å²) in [4.78, 5) is 4.68. The summed E-state index contributed by atoms with van der Waals surface area (Å²) in [5, 5.41) is 17.6. The molecule has 132 valence electrons. The molecule has 1 aliphatic rings. The van der Waals surface area contributed by atoms with Crippen molar-refractivity contribution in [1.82, 2.24) is 29.6 Å². The van der Waals surface area contributed by atoms with Crippen molar-refractivity contribution in [2.75, 3.05) is 36.0 Å². The van der Waals surface area contributed by atoms with E-state index in [0.717, 1.165) is 43.5 Å². The van der Waals surface area contributed by atoms with Crippen LogP contribution < -0.4 is 9.80 Å². The van der Waals surface area contributed by atoms with Crippen LogP contribution in [0.25, 0.3) is 5.65 Å². The number of fused-ring (bicyclic) bond motifs is 1. The van der Waals surface area contributed by atoms with Gasteiger partial charge in [-0.3, -0.25) is 4.68 Å². The summed E-state index contributed by atoms with van der Waals surface area (Å²) >= 11 is 0. The minimum atomic E-state index is -0.0932. The molecule has 0 aromatic carbocycles. The summed E-state index contributed by atoms with van der Waals surface area (Å²) in [6.07, 6.45) is 3.99. The number of anilines is 2. The standard InChI is InChI=1S/C17H24N8/c1-17(2,3)16-20-19-14-5-6-15(21-25(14)16)24-9-7-23(8-10-24)13-11-18-22(4)12-13/h5-6,11-12H,7-10H2,1-4H3. The predicted molar refractivity (Wildman–Crippen MR) is 97.1 cm³/mol. The number of nitrogens with zero attached hydrogens (tertiary/aromatic N) is 8. The molecule has 3 aromatic heterocycles. The van der Waals surface area contributed by atoms with Gasteiger partial charge in [0.15, 0.2) is 11.5 Å². The zero-order valence-electron chi connectivity index (χ0n) is 15.2. The van der Waals surface area contributed by atoms with Crippen LogP contribution in [0.1, 0.15) is 26.6 Å². The van der Waals surface area contributed by atoms with E-state index in [4.69, 9.17) is 5.10 Å². The van der Waals surface area contributed by atoms with Crippen molar-refractivity contribution < 1.29 is 0 Å². The maximum atomic E-state index is 4.81. The molecule has 0 atom stereocenters.